The van der Waals surface area contributed by atoms with Crippen LogP contribution in [-0.4, -0.2) is 27.9 Å². The van der Waals surface area contributed by atoms with Crippen LogP contribution < -0.4 is 5.32 Å². The number of imidazole rings is 1. The molecule has 0 aliphatic rings. The van der Waals surface area contributed by atoms with E-state index in [-0.39, 0.29) is 11.9 Å². The molecular formula is C21H23N3O3. The number of pyridine rings is 1. The fourth-order valence-corrected chi connectivity index (χ4v) is 2.84. The quantitative estimate of drug-likeness (QED) is 0.670. The van der Waals surface area contributed by atoms with E-state index in [4.69, 9.17) is 4.74 Å². The summed E-state index contributed by atoms with van der Waals surface area (Å²) in [6.45, 7) is 6.29. The SMILES string of the molecule is CCCOC(=O)c1ccc(NC(=O)c2c(CC)nc3ccc(C)cn23)cc1. The van der Waals surface area contributed by atoms with E-state index in [1.807, 2.05) is 43.5 Å². The Labute approximate surface area is 158 Å². The number of esters is 1. The van der Waals surface area contributed by atoms with Gasteiger partial charge in [0.15, 0.2) is 0 Å². The highest BCUT2D eigenvalue weighted by atomic mass is 16.5. The number of rotatable bonds is 6. The summed E-state index contributed by atoms with van der Waals surface area (Å²) in [7, 11) is 0. The summed E-state index contributed by atoms with van der Waals surface area (Å²) < 4.78 is 6.93. The standard InChI is InChI=1S/C21H23N3O3/c1-4-12-27-21(26)15-7-9-16(10-8-15)22-20(25)19-17(5-2)23-18-11-6-14(3)13-24(18)19/h6-11,13H,4-5,12H2,1-3H3,(H,22,25). The maximum absolute atomic E-state index is 12.9. The average molecular weight is 365 g/mol. The van der Waals surface area contributed by atoms with Gasteiger partial charge in [0.1, 0.15) is 11.3 Å². The Morgan fingerprint density at radius 3 is 2.52 bits per heavy atom. The molecule has 0 aliphatic heterocycles. The zero-order valence-corrected chi connectivity index (χ0v) is 15.8. The Morgan fingerprint density at radius 2 is 1.85 bits per heavy atom. The van der Waals surface area contributed by atoms with Crippen LogP contribution in [-0.2, 0) is 11.2 Å². The number of ether oxygens (including phenoxy) is 1. The molecule has 0 saturated carbocycles. The van der Waals surface area contributed by atoms with E-state index >= 15 is 0 Å². The summed E-state index contributed by atoms with van der Waals surface area (Å²) in [5.74, 6) is -0.591. The lowest BCUT2D eigenvalue weighted by Gasteiger charge is -2.08. The second kappa shape index (κ2) is 8.03. The Morgan fingerprint density at radius 1 is 1.11 bits per heavy atom. The van der Waals surface area contributed by atoms with Crippen LogP contribution in [0.4, 0.5) is 5.69 Å². The van der Waals surface area contributed by atoms with Gasteiger partial charge in [-0.1, -0.05) is 19.9 Å². The number of nitrogens with zero attached hydrogens (tertiary/aromatic N) is 2. The van der Waals surface area contributed by atoms with Gasteiger partial charge in [0, 0.05) is 11.9 Å². The third-order valence-electron chi connectivity index (χ3n) is 4.20. The smallest absolute Gasteiger partial charge is 0.338 e. The lowest BCUT2D eigenvalue weighted by atomic mass is 10.2. The predicted octanol–water partition coefficient (Wildman–Crippen LogP) is 4.02. The Balaban J connectivity index is 1.82. The molecule has 140 valence electrons. The minimum atomic E-state index is -0.361. The van der Waals surface area contributed by atoms with Crippen LogP contribution in [0.2, 0.25) is 0 Å². The molecule has 2 heterocycles. The highest BCUT2D eigenvalue weighted by Gasteiger charge is 2.18. The van der Waals surface area contributed by atoms with Crippen molar-refractivity contribution in [2.24, 2.45) is 0 Å². The molecule has 0 aliphatic carbocycles. The number of carbonyl (C=O) groups is 2. The van der Waals surface area contributed by atoms with Gasteiger partial charge < -0.3 is 10.1 Å². The lowest BCUT2D eigenvalue weighted by molar-refractivity contribution is 0.0505. The van der Waals surface area contributed by atoms with Crippen LogP contribution in [0.25, 0.3) is 5.65 Å². The molecule has 1 amide bonds. The molecular weight excluding hydrogens is 342 g/mol. The normalized spacial score (nSPS) is 10.8. The molecule has 1 N–H and O–H groups in total. The molecule has 0 unspecified atom stereocenters. The first-order valence-electron chi connectivity index (χ1n) is 9.09. The van der Waals surface area contributed by atoms with Gasteiger partial charge in [0.05, 0.1) is 17.9 Å². The first-order chi connectivity index (χ1) is 13.0. The maximum Gasteiger partial charge on any atom is 0.338 e. The number of fused-ring (bicyclic) bond motifs is 1. The Kier molecular flexibility index (Phi) is 5.54. The van der Waals surface area contributed by atoms with Crippen molar-refractivity contribution in [2.45, 2.75) is 33.6 Å². The van der Waals surface area contributed by atoms with Gasteiger partial charge in [0.25, 0.3) is 5.91 Å². The number of hydrogen-bond acceptors (Lipinski definition) is 4. The zero-order valence-electron chi connectivity index (χ0n) is 15.8. The van der Waals surface area contributed by atoms with Crippen LogP contribution >= 0.6 is 0 Å². The average Bonchev–Trinajstić information content (AvgIpc) is 3.04. The van der Waals surface area contributed by atoms with Crippen molar-refractivity contribution < 1.29 is 14.3 Å². The first kappa shape index (κ1) is 18.6. The molecule has 3 rings (SSSR count). The molecule has 0 spiro atoms. The summed E-state index contributed by atoms with van der Waals surface area (Å²) in [4.78, 5) is 29.3. The fourth-order valence-electron chi connectivity index (χ4n) is 2.84. The number of anilines is 1. The molecule has 0 saturated heterocycles. The van der Waals surface area contributed by atoms with Crippen LogP contribution in [0.1, 0.15) is 52.4 Å². The Bertz CT molecular complexity index is 974. The van der Waals surface area contributed by atoms with Crippen molar-refractivity contribution in [3.05, 3.63) is 65.1 Å². The van der Waals surface area contributed by atoms with Crippen molar-refractivity contribution in [1.29, 1.82) is 0 Å². The second-order valence-corrected chi connectivity index (χ2v) is 6.36. The van der Waals surface area contributed by atoms with Gasteiger partial charge in [-0.2, -0.15) is 0 Å². The van der Waals surface area contributed by atoms with E-state index in [9.17, 15) is 9.59 Å². The van der Waals surface area contributed by atoms with Crippen molar-refractivity contribution in [3.8, 4) is 0 Å². The summed E-state index contributed by atoms with van der Waals surface area (Å²) in [6, 6.07) is 10.6. The fraction of sp³-hybridized carbons (Fsp3) is 0.286. The zero-order chi connectivity index (χ0) is 19.4. The predicted molar refractivity (Wildman–Crippen MR) is 104 cm³/mol. The van der Waals surface area contributed by atoms with E-state index in [1.165, 1.54) is 0 Å². The molecule has 0 atom stereocenters. The van der Waals surface area contributed by atoms with Crippen molar-refractivity contribution in [3.63, 3.8) is 0 Å². The van der Waals surface area contributed by atoms with Crippen molar-refractivity contribution in [2.75, 3.05) is 11.9 Å². The summed E-state index contributed by atoms with van der Waals surface area (Å²) in [5.41, 5.74) is 4.14. The molecule has 2 aromatic heterocycles. The van der Waals surface area contributed by atoms with Crippen LogP contribution in [0, 0.1) is 6.92 Å². The van der Waals surface area contributed by atoms with Gasteiger partial charge in [-0.05, 0) is 55.7 Å². The van der Waals surface area contributed by atoms with Gasteiger partial charge in [-0.3, -0.25) is 9.20 Å². The van der Waals surface area contributed by atoms with E-state index in [0.717, 1.165) is 23.3 Å². The third kappa shape index (κ3) is 4.00. The van der Waals surface area contributed by atoms with Crippen molar-refractivity contribution in [1.82, 2.24) is 9.38 Å². The number of hydrogen-bond donors (Lipinski definition) is 1. The van der Waals surface area contributed by atoms with Crippen LogP contribution in [0.15, 0.2) is 42.6 Å². The van der Waals surface area contributed by atoms with Crippen molar-refractivity contribution >= 4 is 23.2 Å². The summed E-state index contributed by atoms with van der Waals surface area (Å²) >= 11 is 0. The first-order valence-corrected chi connectivity index (χ1v) is 9.09. The van der Waals surface area contributed by atoms with Gasteiger partial charge >= 0.3 is 5.97 Å². The number of amides is 1. The minimum absolute atomic E-state index is 0.230. The van der Waals surface area contributed by atoms with Gasteiger partial charge in [-0.15, -0.1) is 0 Å². The van der Waals surface area contributed by atoms with Gasteiger partial charge in [-0.25, -0.2) is 9.78 Å². The molecule has 6 heteroatoms. The molecule has 0 bridgehead atoms. The molecule has 0 fully saturated rings. The number of benzene rings is 1. The van der Waals surface area contributed by atoms with E-state index < -0.39 is 0 Å². The summed E-state index contributed by atoms with van der Waals surface area (Å²) in [6.07, 6.45) is 3.34. The highest BCUT2D eigenvalue weighted by molar-refractivity contribution is 6.04. The Hall–Kier alpha value is -3.15. The molecule has 6 nitrogen and oxygen atoms in total. The monoisotopic (exact) mass is 365 g/mol. The lowest BCUT2D eigenvalue weighted by Crippen LogP contribution is -2.16. The molecule has 27 heavy (non-hydrogen) atoms. The topological polar surface area (TPSA) is 72.7 Å². The largest absolute Gasteiger partial charge is 0.462 e. The maximum atomic E-state index is 12.9. The molecule has 0 radical (unpaired) electrons. The number of aromatic nitrogens is 2. The molecule has 1 aromatic carbocycles. The highest BCUT2D eigenvalue weighted by Crippen LogP contribution is 2.18. The number of nitrogens with one attached hydrogen (secondary N) is 1. The third-order valence-corrected chi connectivity index (χ3v) is 4.20. The van der Waals surface area contributed by atoms with Crippen LogP contribution in [0.3, 0.4) is 0 Å². The van der Waals surface area contributed by atoms with Crippen LogP contribution in [0.5, 0.6) is 0 Å². The number of aryl methyl sites for hydroxylation is 2. The van der Waals surface area contributed by atoms with Gasteiger partial charge in [0.2, 0.25) is 0 Å². The number of carbonyl (C=O) groups excluding carboxylic acids is 2. The summed E-state index contributed by atoms with van der Waals surface area (Å²) in [5, 5.41) is 2.89. The van der Waals surface area contributed by atoms with E-state index in [1.54, 1.807) is 24.3 Å². The molecule has 3 aromatic rings. The second-order valence-electron chi connectivity index (χ2n) is 6.36. The van der Waals surface area contributed by atoms with E-state index in [0.29, 0.717) is 30.0 Å². The van der Waals surface area contributed by atoms with E-state index in [2.05, 4.69) is 10.3 Å². The minimum Gasteiger partial charge on any atom is -0.462 e.